The molecule has 2 heterocycles. The van der Waals surface area contributed by atoms with Crippen LogP contribution in [-0.4, -0.2) is 36.9 Å². The highest BCUT2D eigenvalue weighted by molar-refractivity contribution is 7.16. The lowest BCUT2D eigenvalue weighted by Crippen LogP contribution is -2.17. The minimum atomic E-state index is -0.353. The highest BCUT2D eigenvalue weighted by Gasteiger charge is 2.15. The van der Waals surface area contributed by atoms with Gasteiger partial charge in [0, 0.05) is 19.2 Å². The summed E-state index contributed by atoms with van der Waals surface area (Å²) in [4.78, 5) is 17.1. The fourth-order valence-corrected chi connectivity index (χ4v) is 3.90. The fourth-order valence-electron chi connectivity index (χ4n) is 2.85. The molecule has 1 amide bonds. The lowest BCUT2D eigenvalue weighted by Gasteiger charge is -2.18. The van der Waals surface area contributed by atoms with Crippen molar-refractivity contribution < 1.29 is 23.7 Å². The predicted octanol–water partition coefficient (Wildman–Crippen LogP) is 2.92. The Morgan fingerprint density at radius 3 is 2.43 bits per heavy atom. The number of aromatic nitrogens is 1. The lowest BCUT2D eigenvalue weighted by molar-refractivity contribution is -0.120. The van der Waals surface area contributed by atoms with Crippen molar-refractivity contribution in [3.63, 3.8) is 0 Å². The van der Waals surface area contributed by atoms with E-state index >= 15 is 0 Å². The van der Waals surface area contributed by atoms with E-state index in [0.717, 1.165) is 21.7 Å². The maximum atomic E-state index is 12.3. The second-order valence-electron chi connectivity index (χ2n) is 6.11. The molecule has 4 rings (SSSR count). The highest BCUT2D eigenvalue weighted by Crippen LogP contribution is 2.35. The standard InChI is InChI=1S/C20H20N2O5S/c1-3-24-13-4-6-14(7-5-13)27-12-19(23)21-20-22(2)15-10-16-17(11-18(15)28-20)26-9-8-25-16/h4-7,10-11H,3,8-9,12H2,1-2H3. The average molecular weight is 400 g/mol. The van der Waals surface area contributed by atoms with Gasteiger partial charge in [0.2, 0.25) is 0 Å². The second-order valence-corrected chi connectivity index (χ2v) is 7.11. The molecule has 2 aromatic carbocycles. The van der Waals surface area contributed by atoms with Crippen molar-refractivity contribution >= 4 is 27.5 Å². The van der Waals surface area contributed by atoms with Gasteiger partial charge in [-0.15, -0.1) is 0 Å². The van der Waals surface area contributed by atoms with Crippen LogP contribution < -0.4 is 23.7 Å². The number of carbonyl (C=O) groups excluding carboxylic acids is 1. The predicted molar refractivity (Wildman–Crippen MR) is 105 cm³/mol. The monoisotopic (exact) mass is 400 g/mol. The molecule has 0 radical (unpaired) electrons. The summed E-state index contributed by atoms with van der Waals surface area (Å²) in [5.74, 6) is 2.43. The first-order valence-electron chi connectivity index (χ1n) is 8.96. The van der Waals surface area contributed by atoms with Crippen molar-refractivity contribution in [2.24, 2.45) is 12.0 Å². The summed E-state index contributed by atoms with van der Waals surface area (Å²) in [6.07, 6.45) is 0. The van der Waals surface area contributed by atoms with E-state index in [1.165, 1.54) is 11.3 Å². The molecule has 7 nitrogen and oxygen atoms in total. The number of ether oxygens (including phenoxy) is 4. The number of amides is 1. The summed E-state index contributed by atoms with van der Waals surface area (Å²) < 4.78 is 25.0. The van der Waals surface area contributed by atoms with Crippen LogP contribution in [0.4, 0.5) is 0 Å². The average Bonchev–Trinajstić information content (AvgIpc) is 3.00. The molecule has 0 saturated carbocycles. The number of aryl methyl sites for hydroxylation is 1. The third-order valence-corrected chi connectivity index (χ3v) is 5.29. The van der Waals surface area contributed by atoms with Crippen LogP contribution in [0.2, 0.25) is 0 Å². The maximum Gasteiger partial charge on any atom is 0.286 e. The minimum Gasteiger partial charge on any atom is -0.494 e. The molecule has 1 aliphatic heterocycles. The van der Waals surface area contributed by atoms with Gasteiger partial charge in [0.1, 0.15) is 24.7 Å². The first kappa shape index (κ1) is 18.4. The van der Waals surface area contributed by atoms with Gasteiger partial charge in [-0.2, -0.15) is 4.99 Å². The van der Waals surface area contributed by atoms with Crippen LogP contribution in [0, 0.1) is 0 Å². The Kier molecular flexibility index (Phi) is 5.21. The molecule has 3 aromatic rings. The van der Waals surface area contributed by atoms with Gasteiger partial charge in [0.25, 0.3) is 5.91 Å². The van der Waals surface area contributed by atoms with E-state index in [4.69, 9.17) is 18.9 Å². The smallest absolute Gasteiger partial charge is 0.286 e. The molecule has 0 bridgehead atoms. The zero-order valence-corrected chi connectivity index (χ0v) is 16.5. The first-order valence-corrected chi connectivity index (χ1v) is 9.78. The van der Waals surface area contributed by atoms with Gasteiger partial charge in [-0.25, -0.2) is 0 Å². The van der Waals surface area contributed by atoms with Crippen LogP contribution in [0.15, 0.2) is 41.4 Å². The second kappa shape index (κ2) is 7.93. The molecule has 146 valence electrons. The number of nitrogens with zero attached hydrogens (tertiary/aromatic N) is 2. The minimum absolute atomic E-state index is 0.134. The van der Waals surface area contributed by atoms with Crippen LogP contribution in [0.3, 0.4) is 0 Å². The summed E-state index contributed by atoms with van der Waals surface area (Å²) in [6, 6.07) is 11.0. The molecule has 1 aliphatic rings. The zero-order valence-electron chi connectivity index (χ0n) is 15.6. The van der Waals surface area contributed by atoms with E-state index in [0.29, 0.717) is 36.1 Å². The van der Waals surface area contributed by atoms with E-state index in [1.807, 2.05) is 30.7 Å². The maximum absolute atomic E-state index is 12.3. The van der Waals surface area contributed by atoms with E-state index in [1.54, 1.807) is 24.3 Å². The van der Waals surface area contributed by atoms with Crippen molar-refractivity contribution in [3.8, 4) is 23.0 Å². The van der Waals surface area contributed by atoms with Crippen LogP contribution in [0.25, 0.3) is 10.2 Å². The van der Waals surface area contributed by atoms with E-state index in [9.17, 15) is 4.79 Å². The fraction of sp³-hybridized carbons (Fsp3) is 0.300. The number of hydrogen-bond acceptors (Lipinski definition) is 6. The van der Waals surface area contributed by atoms with E-state index < -0.39 is 0 Å². The van der Waals surface area contributed by atoms with Crippen LogP contribution in [-0.2, 0) is 11.8 Å². The molecular formula is C20H20N2O5S. The molecule has 0 unspecified atom stereocenters. The molecule has 1 aromatic heterocycles. The SMILES string of the molecule is CCOc1ccc(OCC(=O)N=c2sc3cc4c(cc3n2C)OCCO4)cc1. The van der Waals surface area contributed by atoms with Crippen LogP contribution in [0.5, 0.6) is 23.0 Å². The first-order chi connectivity index (χ1) is 13.6. The Labute approximate surface area is 165 Å². The molecule has 0 atom stereocenters. The van der Waals surface area contributed by atoms with Gasteiger partial charge < -0.3 is 23.5 Å². The topological polar surface area (TPSA) is 71.3 Å². The van der Waals surface area contributed by atoms with Crippen molar-refractivity contribution in [1.29, 1.82) is 0 Å². The third-order valence-electron chi connectivity index (χ3n) is 4.19. The molecule has 8 heteroatoms. The van der Waals surface area contributed by atoms with Gasteiger partial charge in [0.15, 0.2) is 22.9 Å². The Bertz CT molecular complexity index is 1070. The van der Waals surface area contributed by atoms with Gasteiger partial charge in [0.05, 0.1) is 16.8 Å². The van der Waals surface area contributed by atoms with Gasteiger partial charge in [-0.05, 0) is 31.2 Å². The molecular weight excluding hydrogens is 380 g/mol. The summed E-state index contributed by atoms with van der Waals surface area (Å²) in [7, 11) is 1.87. The summed E-state index contributed by atoms with van der Waals surface area (Å²) in [5, 5.41) is 0. The highest BCUT2D eigenvalue weighted by atomic mass is 32.1. The quantitative estimate of drug-likeness (QED) is 0.659. The molecule has 0 N–H and O–H groups in total. The van der Waals surface area contributed by atoms with Crippen molar-refractivity contribution in [2.45, 2.75) is 6.92 Å². The largest absolute Gasteiger partial charge is 0.494 e. The summed E-state index contributed by atoms with van der Waals surface area (Å²) in [6.45, 7) is 3.46. The van der Waals surface area contributed by atoms with Crippen molar-refractivity contribution in [3.05, 3.63) is 41.2 Å². The summed E-state index contributed by atoms with van der Waals surface area (Å²) >= 11 is 1.42. The van der Waals surface area contributed by atoms with E-state index in [-0.39, 0.29) is 12.5 Å². The molecule has 0 saturated heterocycles. The normalized spacial score (nSPS) is 13.6. The number of rotatable bonds is 5. The van der Waals surface area contributed by atoms with Crippen LogP contribution >= 0.6 is 11.3 Å². The molecule has 0 spiro atoms. The van der Waals surface area contributed by atoms with Crippen molar-refractivity contribution in [1.82, 2.24) is 4.57 Å². The lowest BCUT2D eigenvalue weighted by atomic mass is 10.3. The Balaban J connectivity index is 1.50. The number of carbonyl (C=O) groups is 1. The number of hydrogen-bond donors (Lipinski definition) is 0. The molecule has 28 heavy (non-hydrogen) atoms. The number of benzene rings is 2. The molecule has 0 aliphatic carbocycles. The number of thiazole rings is 1. The molecule has 0 fully saturated rings. The Hall–Kier alpha value is -3.00. The van der Waals surface area contributed by atoms with Crippen molar-refractivity contribution in [2.75, 3.05) is 26.4 Å². The summed E-state index contributed by atoms with van der Waals surface area (Å²) in [5.41, 5.74) is 0.938. The van der Waals surface area contributed by atoms with Gasteiger partial charge in [-0.1, -0.05) is 11.3 Å². The Morgan fingerprint density at radius 1 is 1.11 bits per heavy atom. The van der Waals surface area contributed by atoms with Gasteiger partial charge in [-0.3, -0.25) is 4.79 Å². The third kappa shape index (κ3) is 3.82. The number of fused-ring (bicyclic) bond motifs is 2. The van der Waals surface area contributed by atoms with Gasteiger partial charge >= 0.3 is 0 Å². The van der Waals surface area contributed by atoms with Crippen LogP contribution in [0.1, 0.15) is 6.92 Å². The Morgan fingerprint density at radius 2 is 1.75 bits per heavy atom. The zero-order chi connectivity index (χ0) is 19.5. The van der Waals surface area contributed by atoms with E-state index in [2.05, 4.69) is 4.99 Å².